The van der Waals surface area contributed by atoms with E-state index in [1.807, 2.05) is 0 Å². The summed E-state index contributed by atoms with van der Waals surface area (Å²) in [5.41, 5.74) is 4.41. The summed E-state index contributed by atoms with van der Waals surface area (Å²) in [5, 5.41) is 15.1. The molecule has 2 heterocycles. The van der Waals surface area contributed by atoms with Gasteiger partial charge >= 0.3 is 6.18 Å². The molecular weight excluding hydrogens is 293 g/mol. The number of aromatic nitrogens is 4. The predicted molar refractivity (Wildman–Crippen MR) is 65.4 cm³/mol. The van der Waals surface area contributed by atoms with Gasteiger partial charge in [-0.15, -0.1) is 10.2 Å². The quantitative estimate of drug-likeness (QED) is 0.664. The lowest BCUT2D eigenvalue weighted by molar-refractivity contribution is -0.141. The highest BCUT2D eigenvalue weighted by Crippen LogP contribution is 2.32. The monoisotopic (exact) mass is 302 g/mol. The average Bonchev–Trinajstić information content (AvgIpc) is 2.73. The lowest BCUT2D eigenvalue weighted by atomic mass is 10.2. The molecule has 6 nitrogen and oxygen atoms in total. The van der Waals surface area contributed by atoms with Gasteiger partial charge in [0.15, 0.2) is 5.16 Å². The number of alkyl halides is 3. The lowest BCUT2D eigenvalue weighted by Crippen LogP contribution is -2.16. The molecule has 0 aliphatic heterocycles. The fourth-order valence-corrected chi connectivity index (χ4v) is 2.22. The van der Waals surface area contributed by atoms with Crippen LogP contribution in [0.1, 0.15) is 11.3 Å². The van der Waals surface area contributed by atoms with Crippen molar-refractivity contribution in [1.29, 1.82) is 5.41 Å². The Hall–Kier alpha value is -2.10. The summed E-state index contributed by atoms with van der Waals surface area (Å²) in [4.78, 5) is 3.52. The molecule has 0 atom stereocenters. The minimum absolute atomic E-state index is 0.0385. The van der Waals surface area contributed by atoms with Gasteiger partial charge in [0, 0.05) is 12.6 Å². The van der Waals surface area contributed by atoms with Gasteiger partial charge in [-0.1, -0.05) is 0 Å². The summed E-state index contributed by atoms with van der Waals surface area (Å²) in [6, 6.07) is 1.91. The van der Waals surface area contributed by atoms with Crippen molar-refractivity contribution < 1.29 is 13.2 Å². The first-order valence-corrected chi connectivity index (χ1v) is 6.05. The second-order valence-corrected chi connectivity index (χ2v) is 4.74. The molecule has 2 rings (SSSR count). The van der Waals surface area contributed by atoms with Crippen LogP contribution in [0.4, 0.5) is 13.2 Å². The van der Waals surface area contributed by atoms with Gasteiger partial charge < -0.3 is 10.3 Å². The Balaban J connectivity index is 2.47. The van der Waals surface area contributed by atoms with Crippen LogP contribution in [0.3, 0.4) is 0 Å². The number of hydrogen-bond donors (Lipinski definition) is 2. The Morgan fingerprint density at radius 3 is 2.60 bits per heavy atom. The normalized spacial score (nSPS) is 11.6. The Morgan fingerprint density at radius 1 is 1.40 bits per heavy atom. The molecule has 3 N–H and O–H groups in total. The number of halogens is 3. The summed E-state index contributed by atoms with van der Waals surface area (Å²) in [6.07, 6.45) is -3.16. The largest absolute Gasteiger partial charge is 0.433 e. The maximum Gasteiger partial charge on any atom is 0.433 e. The molecule has 106 valence electrons. The highest BCUT2D eigenvalue weighted by Gasteiger charge is 2.33. The number of nitrogens with two attached hydrogens (primary N) is 1. The van der Waals surface area contributed by atoms with E-state index in [0.717, 1.165) is 23.9 Å². The zero-order chi connectivity index (χ0) is 14.9. The standard InChI is InChI=1S/C10H9F3N6S/c1-19-4-16-18-9(19)20-8-5(7(14)15)2-3-6(17-8)10(11,12)13/h2-4H,1H3,(H3,14,15). The molecule has 0 fully saturated rings. The smallest absolute Gasteiger partial charge is 0.384 e. The Morgan fingerprint density at radius 2 is 2.10 bits per heavy atom. The van der Waals surface area contributed by atoms with Crippen LogP contribution in [0.5, 0.6) is 0 Å². The molecule has 0 spiro atoms. The summed E-state index contributed by atoms with van der Waals surface area (Å²) in [6.45, 7) is 0. The lowest BCUT2D eigenvalue weighted by Gasteiger charge is -2.10. The van der Waals surface area contributed by atoms with Crippen LogP contribution in [0, 0.1) is 5.41 Å². The number of hydrogen-bond acceptors (Lipinski definition) is 5. The Labute approximate surface area is 115 Å². The van der Waals surface area contributed by atoms with Gasteiger partial charge in [0.05, 0.1) is 0 Å². The number of aryl methyl sites for hydroxylation is 1. The average molecular weight is 302 g/mol. The van der Waals surface area contributed by atoms with E-state index in [1.165, 1.54) is 10.9 Å². The first-order valence-electron chi connectivity index (χ1n) is 5.23. The summed E-state index contributed by atoms with van der Waals surface area (Å²) >= 11 is 0.864. The number of amidine groups is 1. The van der Waals surface area contributed by atoms with Gasteiger partial charge in [-0.3, -0.25) is 5.41 Å². The van der Waals surface area contributed by atoms with Gasteiger partial charge in [-0.25, -0.2) is 4.98 Å². The summed E-state index contributed by atoms with van der Waals surface area (Å²) in [5.74, 6) is -0.365. The van der Waals surface area contributed by atoms with Gasteiger partial charge in [-0.05, 0) is 23.9 Å². The van der Waals surface area contributed by atoms with E-state index in [2.05, 4.69) is 15.2 Å². The zero-order valence-corrected chi connectivity index (χ0v) is 11.0. The van der Waals surface area contributed by atoms with Crippen molar-refractivity contribution in [2.75, 3.05) is 0 Å². The number of nitrogen functional groups attached to an aromatic ring is 1. The molecule has 0 aliphatic rings. The van der Waals surface area contributed by atoms with Gasteiger partial charge in [0.25, 0.3) is 0 Å². The van der Waals surface area contributed by atoms with E-state index >= 15 is 0 Å². The van der Waals surface area contributed by atoms with Crippen LogP contribution in [0.25, 0.3) is 0 Å². The van der Waals surface area contributed by atoms with E-state index in [1.54, 1.807) is 7.05 Å². The van der Waals surface area contributed by atoms with Crippen molar-refractivity contribution in [3.05, 3.63) is 29.7 Å². The molecule has 0 saturated carbocycles. The molecule has 2 aromatic rings. The molecule has 0 bridgehead atoms. The molecule has 0 aromatic carbocycles. The SMILES string of the molecule is Cn1cnnc1Sc1nc(C(F)(F)F)ccc1C(=N)N. The minimum atomic E-state index is -4.56. The van der Waals surface area contributed by atoms with Crippen molar-refractivity contribution in [3.63, 3.8) is 0 Å². The van der Waals surface area contributed by atoms with Crippen molar-refractivity contribution in [2.45, 2.75) is 16.4 Å². The zero-order valence-electron chi connectivity index (χ0n) is 10.1. The maximum absolute atomic E-state index is 12.7. The molecule has 2 aromatic heterocycles. The second-order valence-electron chi connectivity index (χ2n) is 3.79. The molecule has 0 unspecified atom stereocenters. The van der Waals surface area contributed by atoms with E-state index in [4.69, 9.17) is 11.1 Å². The van der Waals surface area contributed by atoms with Crippen molar-refractivity contribution in [3.8, 4) is 0 Å². The molecule has 0 radical (unpaired) electrons. The highest BCUT2D eigenvalue weighted by atomic mass is 32.2. The second kappa shape index (κ2) is 5.12. The van der Waals surface area contributed by atoms with Gasteiger partial charge in [0.2, 0.25) is 0 Å². The molecular formula is C10H9F3N6S. The predicted octanol–water partition coefficient (Wildman–Crippen LogP) is 1.66. The molecule has 0 amide bonds. The van der Waals surface area contributed by atoms with Crippen molar-refractivity contribution in [2.24, 2.45) is 12.8 Å². The third kappa shape index (κ3) is 2.90. The number of pyridine rings is 1. The van der Waals surface area contributed by atoms with Crippen LogP contribution in [-0.2, 0) is 13.2 Å². The van der Waals surface area contributed by atoms with Gasteiger partial charge in [-0.2, -0.15) is 13.2 Å². The minimum Gasteiger partial charge on any atom is -0.384 e. The Bertz CT molecular complexity index is 651. The van der Waals surface area contributed by atoms with E-state index in [-0.39, 0.29) is 16.4 Å². The van der Waals surface area contributed by atoms with Crippen molar-refractivity contribution in [1.82, 2.24) is 19.7 Å². The van der Waals surface area contributed by atoms with E-state index in [0.29, 0.717) is 5.16 Å². The third-order valence-corrected chi connectivity index (χ3v) is 3.36. The van der Waals surface area contributed by atoms with Crippen molar-refractivity contribution >= 4 is 17.6 Å². The van der Waals surface area contributed by atoms with E-state index in [9.17, 15) is 13.2 Å². The van der Waals surface area contributed by atoms with Crippen LogP contribution in [0.15, 0.2) is 28.6 Å². The molecule has 20 heavy (non-hydrogen) atoms. The van der Waals surface area contributed by atoms with Crippen LogP contribution in [0.2, 0.25) is 0 Å². The summed E-state index contributed by atoms with van der Waals surface area (Å²) in [7, 11) is 1.64. The molecule has 0 saturated heterocycles. The number of rotatable bonds is 3. The van der Waals surface area contributed by atoms with Gasteiger partial charge in [0.1, 0.15) is 22.9 Å². The first kappa shape index (κ1) is 14.3. The maximum atomic E-state index is 12.7. The third-order valence-electron chi connectivity index (χ3n) is 2.30. The fourth-order valence-electron chi connectivity index (χ4n) is 1.33. The van der Waals surface area contributed by atoms with Crippen LogP contribution >= 0.6 is 11.8 Å². The number of nitrogens with zero attached hydrogens (tertiary/aromatic N) is 4. The Kier molecular flexibility index (Phi) is 3.66. The van der Waals surface area contributed by atoms with Crippen LogP contribution in [-0.4, -0.2) is 25.6 Å². The first-order chi connectivity index (χ1) is 9.29. The van der Waals surface area contributed by atoms with E-state index < -0.39 is 11.9 Å². The summed E-state index contributed by atoms with van der Waals surface area (Å²) < 4.78 is 39.5. The number of nitrogens with one attached hydrogen (secondary N) is 1. The highest BCUT2D eigenvalue weighted by molar-refractivity contribution is 7.99. The molecule has 0 aliphatic carbocycles. The topological polar surface area (TPSA) is 93.5 Å². The fraction of sp³-hybridized carbons (Fsp3) is 0.200. The van der Waals surface area contributed by atoms with Crippen LogP contribution < -0.4 is 5.73 Å². The molecule has 10 heteroatoms.